The van der Waals surface area contributed by atoms with Crippen LogP contribution in [-0.4, -0.2) is 23.6 Å². The molecule has 0 aliphatic rings. The van der Waals surface area contributed by atoms with Gasteiger partial charge in [0.1, 0.15) is 5.78 Å². The predicted molar refractivity (Wildman–Crippen MR) is 99.6 cm³/mol. The maximum absolute atomic E-state index is 14.5. The average Bonchev–Trinajstić information content (AvgIpc) is 2.75. The van der Waals surface area contributed by atoms with E-state index in [1.54, 1.807) is 13.8 Å². The molecule has 2 aromatic rings. The molecule has 2 rings (SSSR count). The summed E-state index contributed by atoms with van der Waals surface area (Å²) >= 11 is 0.208. The van der Waals surface area contributed by atoms with E-state index in [1.165, 1.54) is 6.92 Å². The lowest BCUT2D eigenvalue weighted by Gasteiger charge is -2.20. The summed E-state index contributed by atoms with van der Waals surface area (Å²) in [6.45, 7) is 4.89. The van der Waals surface area contributed by atoms with Gasteiger partial charge in [-0.1, -0.05) is 20.8 Å². The number of carbonyl (C=O) groups excluding carboxylic acids is 1. The second kappa shape index (κ2) is 10.2. The number of halogens is 9. The molecule has 0 heterocycles. The van der Waals surface area contributed by atoms with Crippen molar-refractivity contribution in [1.82, 2.24) is 5.32 Å². The van der Waals surface area contributed by atoms with Gasteiger partial charge < -0.3 is 5.32 Å². The van der Waals surface area contributed by atoms with E-state index < -0.39 is 74.4 Å². The molecule has 0 radical (unpaired) electrons. The number of benzene rings is 2. The van der Waals surface area contributed by atoms with Gasteiger partial charge in [0.15, 0.2) is 46.5 Å². The first-order valence-electron chi connectivity index (χ1n) is 9.14. The number of Topliss-reactive ketones (excluding diaryl/α,β-unsaturated/α-hetero) is 1. The lowest BCUT2D eigenvalue weighted by molar-refractivity contribution is -0.120. The first-order chi connectivity index (χ1) is 14.8. The van der Waals surface area contributed by atoms with Crippen molar-refractivity contribution in [3.05, 3.63) is 52.4 Å². The van der Waals surface area contributed by atoms with Gasteiger partial charge in [0, 0.05) is 18.2 Å². The number of rotatable bonds is 8. The van der Waals surface area contributed by atoms with Crippen LogP contribution in [0.3, 0.4) is 0 Å². The summed E-state index contributed by atoms with van der Waals surface area (Å²) in [5.74, 6) is -22.7. The fourth-order valence-corrected chi connectivity index (χ4v) is 3.88. The Morgan fingerprint density at radius 3 is 1.47 bits per heavy atom. The molecule has 176 valence electrons. The average molecular weight is 489 g/mol. The number of carbonyl (C=O) groups is 1. The minimum atomic E-state index is -2.63. The number of hydrogen-bond donors (Lipinski definition) is 1. The van der Waals surface area contributed by atoms with Crippen LogP contribution in [-0.2, 0) is 4.79 Å². The van der Waals surface area contributed by atoms with E-state index in [0.717, 1.165) is 0 Å². The molecule has 1 N–H and O–H groups in total. The van der Waals surface area contributed by atoms with Gasteiger partial charge in [-0.2, -0.15) is 0 Å². The summed E-state index contributed by atoms with van der Waals surface area (Å²) in [5.41, 5.74) is -4.23. The third-order valence-corrected chi connectivity index (χ3v) is 5.50. The van der Waals surface area contributed by atoms with Crippen molar-refractivity contribution >= 4 is 17.5 Å². The smallest absolute Gasteiger partial charge is 0.200 e. The zero-order valence-corrected chi connectivity index (χ0v) is 17.6. The third kappa shape index (κ3) is 4.75. The van der Waals surface area contributed by atoms with E-state index in [-0.39, 0.29) is 35.8 Å². The monoisotopic (exact) mass is 489 g/mol. The summed E-state index contributed by atoms with van der Waals surface area (Å²) < 4.78 is 126. The molecule has 0 bridgehead atoms. The van der Waals surface area contributed by atoms with Gasteiger partial charge in [0.25, 0.3) is 0 Å². The fourth-order valence-electron chi connectivity index (χ4n) is 2.83. The molecule has 12 heteroatoms. The Labute approximate surface area is 181 Å². The molecule has 1 atom stereocenters. The SMILES string of the molecule is CCC(=O)C(CSc1c(F)c(F)c(-c2c(F)c(F)c(F)c(F)c2F)c(F)c1F)NC(C)C. The molecule has 0 saturated heterocycles. The highest BCUT2D eigenvalue weighted by atomic mass is 32.2. The molecular weight excluding hydrogens is 473 g/mol. The standard InChI is InChI=1S/C20H16F9NOS/c1-4-8(31)7(30-6(2)3)5-32-20-18(28)13(23)10(14(24)19(20)29)9-11(21)15(25)17(27)16(26)12(9)22/h6-7,30H,4-5H2,1-3H3. The van der Waals surface area contributed by atoms with Crippen LogP contribution in [0.15, 0.2) is 4.90 Å². The van der Waals surface area contributed by atoms with Gasteiger partial charge in [0.05, 0.1) is 22.1 Å². The van der Waals surface area contributed by atoms with Crippen molar-refractivity contribution in [2.24, 2.45) is 0 Å². The number of hydrogen-bond acceptors (Lipinski definition) is 3. The van der Waals surface area contributed by atoms with Crippen molar-refractivity contribution in [1.29, 1.82) is 0 Å². The summed E-state index contributed by atoms with van der Waals surface area (Å²) in [6.07, 6.45) is 0.0534. The van der Waals surface area contributed by atoms with Crippen LogP contribution < -0.4 is 5.32 Å². The fraction of sp³-hybridized carbons (Fsp3) is 0.350. The topological polar surface area (TPSA) is 29.1 Å². The molecule has 1 unspecified atom stereocenters. The van der Waals surface area contributed by atoms with Crippen LogP contribution in [0.25, 0.3) is 11.1 Å². The zero-order chi connectivity index (χ0) is 24.5. The minimum absolute atomic E-state index is 0.0534. The van der Waals surface area contributed by atoms with Crippen LogP contribution in [0.2, 0.25) is 0 Å². The van der Waals surface area contributed by atoms with Gasteiger partial charge in [-0.05, 0) is 0 Å². The molecule has 0 saturated carbocycles. The van der Waals surface area contributed by atoms with Gasteiger partial charge in [0.2, 0.25) is 5.82 Å². The van der Waals surface area contributed by atoms with E-state index >= 15 is 0 Å². The third-order valence-electron chi connectivity index (χ3n) is 4.35. The van der Waals surface area contributed by atoms with E-state index in [1.807, 2.05) is 0 Å². The number of thioether (sulfide) groups is 1. The van der Waals surface area contributed by atoms with Crippen molar-refractivity contribution in [3.8, 4) is 11.1 Å². The molecule has 0 amide bonds. The molecule has 32 heavy (non-hydrogen) atoms. The van der Waals surface area contributed by atoms with Gasteiger partial charge >= 0.3 is 0 Å². The lowest BCUT2D eigenvalue weighted by atomic mass is 10.0. The summed E-state index contributed by atoms with van der Waals surface area (Å²) in [6, 6.07) is -1.17. The maximum Gasteiger partial charge on any atom is 0.200 e. The molecule has 0 aliphatic heterocycles. The lowest BCUT2D eigenvalue weighted by Crippen LogP contribution is -2.42. The molecule has 0 spiro atoms. The van der Waals surface area contributed by atoms with Crippen molar-refractivity contribution < 1.29 is 44.3 Å². The molecular formula is C20H16F9NOS. The Kier molecular flexibility index (Phi) is 8.27. The van der Waals surface area contributed by atoms with E-state index in [0.29, 0.717) is 0 Å². The highest BCUT2D eigenvalue weighted by Gasteiger charge is 2.34. The zero-order valence-electron chi connectivity index (χ0n) is 16.8. The quantitative estimate of drug-likeness (QED) is 0.212. The van der Waals surface area contributed by atoms with Gasteiger partial charge in [-0.15, -0.1) is 11.8 Å². The van der Waals surface area contributed by atoms with E-state index in [9.17, 15) is 44.3 Å². The van der Waals surface area contributed by atoms with Crippen molar-refractivity contribution in [2.75, 3.05) is 5.75 Å². The van der Waals surface area contributed by atoms with Crippen LogP contribution in [0.4, 0.5) is 39.5 Å². The summed E-state index contributed by atoms with van der Waals surface area (Å²) in [5, 5.41) is 2.82. The second-order valence-corrected chi connectivity index (χ2v) is 7.94. The maximum atomic E-state index is 14.5. The normalized spacial score (nSPS) is 12.5. The minimum Gasteiger partial charge on any atom is -0.305 e. The Bertz CT molecular complexity index is 1000. The first kappa shape index (κ1) is 26.0. The molecule has 0 aromatic heterocycles. The van der Waals surface area contributed by atoms with Crippen LogP contribution in [0.1, 0.15) is 27.2 Å². The highest BCUT2D eigenvalue weighted by Crippen LogP contribution is 2.40. The summed E-state index contributed by atoms with van der Waals surface area (Å²) in [4.78, 5) is 10.7. The Hall–Kier alpha value is -2.21. The highest BCUT2D eigenvalue weighted by molar-refractivity contribution is 7.99. The number of ketones is 1. The molecule has 2 nitrogen and oxygen atoms in total. The Morgan fingerprint density at radius 2 is 1.09 bits per heavy atom. The number of nitrogens with one attached hydrogen (secondary N) is 1. The summed E-state index contributed by atoms with van der Waals surface area (Å²) in [7, 11) is 0. The molecule has 0 fully saturated rings. The van der Waals surface area contributed by atoms with Crippen molar-refractivity contribution in [2.45, 2.75) is 44.2 Å². The van der Waals surface area contributed by atoms with Gasteiger partial charge in [-0.25, -0.2) is 39.5 Å². The van der Waals surface area contributed by atoms with Crippen LogP contribution in [0.5, 0.6) is 0 Å². The predicted octanol–water partition coefficient (Wildman–Crippen LogP) is 6.04. The van der Waals surface area contributed by atoms with Crippen molar-refractivity contribution in [3.63, 3.8) is 0 Å². The second-order valence-electron chi connectivity index (χ2n) is 6.91. The Balaban J connectivity index is 2.60. The largest absolute Gasteiger partial charge is 0.305 e. The Morgan fingerprint density at radius 1 is 0.719 bits per heavy atom. The van der Waals surface area contributed by atoms with Gasteiger partial charge in [-0.3, -0.25) is 4.79 Å². The van der Waals surface area contributed by atoms with E-state index in [4.69, 9.17) is 0 Å². The van der Waals surface area contributed by atoms with E-state index in [2.05, 4.69) is 5.32 Å². The molecule has 0 aliphatic carbocycles. The van der Waals surface area contributed by atoms with Crippen LogP contribution >= 0.6 is 11.8 Å². The van der Waals surface area contributed by atoms with Crippen LogP contribution in [0, 0.1) is 52.4 Å². The first-order valence-corrected chi connectivity index (χ1v) is 10.1. The molecule has 2 aromatic carbocycles.